The van der Waals surface area contributed by atoms with Crippen LogP contribution in [-0.2, 0) is 0 Å². The van der Waals surface area contributed by atoms with Crippen LogP contribution in [0.2, 0.25) is 8.67 Å². The highest BCUT2D eigenvalue weighted by atomic mass is 35.5. The van der Waals surface area contributed by atoms with E-state index in [0.29, 0.717) is 14.6 Å². The number of thiophene rings is 1. The van der Waals surface area contributed by atoms with Crippen LogP contribution in [0.15, 0.2) is 30.3 Å². The molecule has 0 saturated carbocycles. The van der Waals surface area contributed by atoms with Gasteiger partial charge in [-0.1, -0.05) is 49.2 Å². The molecule has 0 aliphatic rings. The Morgan fingerprint density at radius 2 is 1.71 bits per heavy atom. The second-order valence-corrected chi connectivity index (χ2v) is 7.73. The van der Waals surface area contributed by atoms with Crippen molar-refractivity contribution in [3.05, 3.63) is 55.9 Å². The van der Waals surface area contributed by atoms with E-state index in [1.54, 1.807) is 0 Å². The fourth-order valence-electron chi connectivity index (χ4n) is 2.35. The van der Waals surface area contributed by atoms with E-state index in [0.717, 1.165) is 11.1 Å². The van der Waals surface area contributed by atoms with Crippen molar-refractivity contribution in [2.45, 2.75) is 32.9 Å². The summed E-state index contributed by atoms with van der Waals surface area (Å²) in [5, 5.41) is 3.56. The molecular weight excluding hydrogens is 328 g/mol. The van der Waals surface area contributed by atoms with Gasteiger partial charge in [-0.05, 0) is 42.2 Å². The van der Waals surface area contributed by atoms with E-state index in [-0.39, 0.29) is 17.9 Å². The molecule has 2 unspecified atom stereocenters. The van der Waals surface area contributed by atoms with Crippen molar-refractivity contribution in [2.75, 3.05) is 0 Å². The number of hydrogen-bond donors (Lipinski definition) is 1. The molecule has 0 aliphatic carbocycles. The smallest absolute Gasteiger partial charge is 0.123 e. The topological polar surface area (TPSA) is 12.0 Å². The third-order valence-corrected chi connectivity index (χ3v) is 4.99. The van der Waals surface area contributed by atoms with Gasteiger partial charge in [-0.25, -0.2) is 4.39 Å². The van der Waals surface area contributed by atoms with Gasteiger partial charge in [-0.2, -0.15) is 0 Å². The monoisotopic (exact) mass is 345 g/mol. The zero-order valence-electron chi connectivity index (χ0n) is 12.2. The van der Waals surface area contributed by atoms with Crippen LogP contribution in [0.3, 0.4) is 0 Å². The van der Waals surface area contributed by atoms with Gasteiger partial charge >= 0.3 is 0 Å². The first-order valence-corrected chi connectivity index (χ1v) is 8.42. The van der Waals surface area contributed by atoms with Crippen LogP contribution in [0.4, 0.5) is 4.39 Å². The molecule has 1 heterocycles. The van der Waals surface area contributed by atoms with Crippen LogP contribution >= 0.6 is 34.5 Å². The molecule has 5 heteroatoms. The minimum absolute atomic E-state index is 0.0682. The maximum Gasteiger partial charge on any atom is 0.123 e. The van der Waals surface area contributed by atoms with Gasteiger partial charge in [0.1, 0.15) is 5.82 Å². The lowest BCUT2D eigenvalue weighted by molar-refractivity contribution is 0.374. The third kappa shape index (κ3) is 4.19. The maximum absolute atomic E-state index is 13.1. The van der Waals surface area contributed by atoms with Gasteiger partial charge in [-0.3, -0.25) is 0 Å². The first kappa shape index (κ1) is 16.8. The summed E-state index contributed by atoms with van der Waals surface area (Å²) in [4.78, 5) is 0. The lowest BCUT2D eigenvalue weighted by Crippen LogP contribution is -2.28. The minimum Gasteiger partial charge on any atom is -0.303 e. The number of benzene rings is 1. The molecule has 2 aromatic rings. The number of halogens is 3. The minimum atomic E-state index is -0.220. The summed E-state index contributed by atoms with van der Waals surface area (Å²) >= 11 is 13.6. The van der Waals surface area contributed by atoms with E-state index in [2.05, 4.69) is 26.1 Å². The van der Waals surface area contributed by atoms with Gasteiger partial charge in [0.05, 0.1) is 8.67 Å². The molecular formula is C16H18Cl2FNS. The summed E-state index contributed by atoms with van der Waals surface area (Å²) in [6.07, 6.45) is 0. The van der Waals surface area contributed by atoms with Gasteiger partial charge in [0.25, 0.3) is 0 Å². The molecule has 21 heavy (non-hydrogen) atoms. The van der Waals surface area contributed by atoms with E-state index in [4.69, 9.17) is 23.2 Å². The third-order valence-electron chi connectivity index (χ3n) is 3.47. The predicted molar refractivity (Wildman–Crippen MR) is 89.9 cm³/mol. The molecule has 0 radical (unpaired) electrons. The van der Waals surface area contributed by atoms with E-state index >= 15 is 0 Å². The highest BCUT2D eigenvalue weighted by molar-refractivity contribution is 7.20. The molecule has 2 atom stereocenters. The average Bonchev–Trinajstić information content (AvgIpc) is 2.76. The highest BCUT2D eigenvalue weighted by Crippen LogP contribution is 2.36. The van der Waals surface area contributed by atoms with E-state index < -0.39 is 0 Å². The standard InChI is InChI=1S/C16H18Cl2FNS/c1-9(2)15(11-4-6-12(19)7-5-11)20-10(3)13-8-14(17)21-16(13)18/h4-10,15,20H,1-3H3. The van der Waals surface area contributed by atoms with Crippen LogP contribution in [0.25, 0.3) is 0 Å². The highest BCUT2D eigenvalue weighted by Gasteiger charge is 2.21. The Labute approximate surface area is 139 Å². The zero-order valence-corrected chi connectivity index (χ0v) is 14.5. The first-order chi connectivity index (χ1) is 9.88. The second kappa shape index (κ2) is 7.10. The fourth-order valence-corrected chi connectivity index (χ4v) is 4.00. The van der Waals surface area contributed by atoms with Crippen molar-refractivity contribution >= 4 is 34.5 Å². The van der Waals surface area contributed by atoms with Crippen LogP contribution in [0, 0.1) is 11.7 Å². The Hall–Kier alpha value is -0.610. The molecule has 0 spiro atoms. The molecule has 1 aromatic carbocycles. The molecule has 0 saturated heterocycles. The van der Waals surface area contributed by atoms with Gasteiger partial charge in [-0.15, -0.1) is 11.3 Å². The van der Waals surface area contributed by atoms with E-state index in [1.165, 1.54) is 23.5 Å². The van der Waals surface area contributed by atoms with E-state index in [1.807, 2.05) is 18.2 Å². The molecule has 0 fully saturated rings. The Bertz CT molecular complexity index is 595. The van der Waals surface area contributed by atoms with Crippen LogP contribution in [-0.4, -0.2) is 0 Å². The number of rotatable bonds is 5. The molecule has 2 rings (SSSR count). The number of hydrogen-bond acceptors (Lipinski definition) is 2. The van der Waals surface area contributed by atoms with Crippen molar-refractivity contribution in [1.82, 2.24) is 5.32 Å². The molecule has 0 amide bonds. The van der Waals surface area contributed by atoms with E-state index in [9.17, 15) is 4.39 Å². The fraction of sp³-hybridized carbons (Fsp3) is 0.375. The summed E-state index contributed by atoms with van der Waals surface area (Å²) in [5.74, 6) is 0.146. The van der Waals surface area contributed by atoms with Crippen LogP contribution in [0.5, 0.6) is 0 Å². The number of nitrogens with one attached hydrogen (secondary N) is 1. The summed E-state index contributed by atoms with van der Waals surface area (Å²) in [6.45, 7) is 6.33. The molecule has 1 N–H and O–H groups in total. The first-order valence-electron chi connectivity index (χ1n) is 6.84. The van der Waals surface area contributed by atoms with Crippen molar-refractivity contribution in [3.8, 4) is 0 Å². The Balaban J connectivity index is 2.20. The van der Waals surface area contributed by atoms with Crippen molar-refractivity contribution < 1.29 is 4.39 Å². The Morgan fingerprint density at radius 1 is 1.10 bits per heavy atom. The van der Waals surface area contributed by atoms with Gasteiger partial charge < -0.3 is 5.32 Å². The quantitative estimate of drug-likeness (QED) is 0.675. The molecule has 114 valence electrons. The summed E-state index contributed by atoms with van der Waals surface area (Å²) in [7, 11) is 0. The average molecular weight is 346 g/mol. The molecule has 0 bridgehead atoms. The summed E-state index contributed by atoms with van der Waals surface area (Å²) < 4.78 is 14.5. The van der Waals surface area contributed by atoms with Gasteiger partial charge in [0.2, 0.25) is 0 Å². The molecule has 0 aliphatic heterocycles. The maximum atomic E-state index is 13.1. The zero-order chi connectivity index (χ0) is 15.6. The van der Waals surface area contributed by atoms with Crippen molar-refractivity contribution in [2.24, 2.45) is 5.92 Å². The lowest BCUT2D eigenvalue weighted by atomic mass is 9.94. The summed E-state index contributed by atoms with van der Waals surface area (Å²) in [6, 6.07) is 8.71. The largest absolute Gasteiger partial charge is 0.303 e. The molecule has 1 nitrogen and oxygen atoms in total. The predicted octanol–water partition coefficient (Wildman–Crippen LogP) is 6.24. The Kier molecular flexibility index (Phi) is 5.67. The normalized spacial score (nSPS) is 14.4. The van der Waals surface area contributed by atoms with Crippen LogP contribution in [0.1, 0.15) is 44.0 Å². The summed E-state index contributed by atoms with van der Waals surface area (Å²) in [5.41, 5.74) is 2.06. The van der Waals surface area contributed by atoms with Crippen molar-refractivity contribution in [1.29, 1.82) is 0 Å². The lowest BCUT2D eigenvalue weighted by Gasteiger charge is -2.27. The Morgan fingerprint density at radius 3 is 2.19 bits per heavy atom. The second-order valence-electron chi connectivity index (χ2n) is 5.44. The molecule has 1 aromatic heterocycles. The van der Waals surface area contributed by atoms with Gasteiger partial charge in [0, 0.05) is 12.1 Å². The van der Waals surface area contributed by atoms with Crippen LogP contribution < -0.4 is 5.32 Å². The van der Waals surface area contributed by atoms with Crippen molar-refractivity contribution in [3.63, 3.8) is 0 Å². The van der Waals surface area contributed by atoms with Gasteiger partial charge in [0.15, 0.2) is 0 Å². The SMILES string of the molecule is CC(NC(c1ccc(F)cc1)C(C)C)c1cc(Cl)sc1Cl.